The number of aliphatic carboxylic acids is 1. The van der Waals surface area contributed by atoms with Crippen LogP contribution in [0.3, 0.4) is 0 Å². The van der Waals surface area contributed by atoms with Gasteiger partial charge in [-0.3, -0.25) is 9.69 Å². The molecule has 126 valence electrons. The lowest BCUT2D eigenvalue weighted by Gasteiger charge is -2.39. The summed E-state index contributed by atoms with van der Waals surface area (Å²) in [6.45, 7) is 2.15. The van der Waals surface area contributed by atoms with Gasteiger partial charge in [0.15, 0.2) is 0 Å². The molecule has 0 atom stereocenters. The number of carbonyl (C=O) groups is 1. The van der Waals surface area contributed by atoms with Crippen LogP contribution in [0.25, 0.3) is 0 Å². The fourth-order valence-corrected chi connectivity index (χ4v) is 3.84. The topological polar surface area (TPSA) is 40.5 Å². The number of hydrogen-bond donors (Lipinski definition) is 1. The number of carboxylic acid groups (broad SMARTS) is 1. The van der Waals surface area contributed by atoms with Gasteiger partial charge in [0.05, 0.1) is 5.41 Å². The molecule has 24 heavy (non-hydrogen) atoms. The zero-order valence-corrected chi connectivity index (χ0v) is 14.7. The Balaban J connectivity index is 1.73. The van der Waals surface area contributed by atoms with Gasteiger partial charge in [-0.25, -0.2) is 0 Å². The summed E-state index contributed by atoms with van der Waals surface area (Å²) < 4.78 is 0. The Kier molecular flexibility index (Phi) is 5.14. The predicted octanol–water partition coefficient (Wildman–Crippen LogP) is 4.61. The summed E-state index contributed by atoms with van der Waals surface area (Å²) in [5.41, 5.74) is 1.12. The maximum absolute atomic E-state index is 12.0. The molecule has 3 nitrogen and oxygen atoms in total. The van der Waals surface area contributed by atoms with Crippen molar-refractivity contribution in [2.75, 3.05) is 13.1 Å². The molecule has 2 aromatic rings. The number of benzene rings is 2. The normalized spacial score (nSPS) is 17.6. The Bertz CT molecular complexity index is 725. The second kappa shape index (κ2) is 7.14. The van der Waals surface area contributed by atoms with E-state index in [0.29, 0.717) is 29.4 Å². The number of piperidine rings is 1. The first-order valence-corrected chi connectivity index (χ1v) is 8.72. The quantitative estimate of drug-likeness (QED) is 0.861. The van der Waals surface area contributed by atoms with E-state index < -0.39 is 11.4 Å². The standard InChI is InChI=1S/C19H19Cl2NO2/c20-16-7-6-14(17(21)12-16)13-22-10-8-19(9-11-22,18(23)24)15-4-2-1-3-5-15/h1-7,12H,8-11,13H2,(H,23,24). The van der Waals surface area contributed by atoms with E-state index in [1.807, 2.05) is 42.5 Å². The van der Waals surface area contributed by atoms with E-state index in [9.17, 15) is 9.90 Å². The lowest BCUT2D eigenvalue weighted by atomic mass is 9.73. The van der Waals surface area contributed by atoms with E-state index >= 15 is 0 Å². The first kappa shape index (κ1) is 17.3. The molecule has 0 spiro atoms. The highest BCUT2D eigenvalue weighted by Crippen LogP contribution is 2.36. The molecule has 1 fully saturated rings. The zero-order valence-electron chi connectivity index (χ0n) is 13.2. The van der Waals surface area contributed by atoms with E-state index in [-0.39, 0.29) is 0 Å². The van der Waals surface area contributed by atoms with Crippen LogP contribution in [0.4, 0.5) is 0 Å². The molecule has 2 aromatic carbocycles. The zero-order chi connectivity index (χ0) is 17.2. The number of rotatable bonds is 4. The third-order valence-electron chi connectivity index (χ3n) is 4.85. The summed E-state index contributed by atoms with van der Waals surface area (Å²) in [4.78, 5) is 14.2. The van der Waals surface area contributed by atoms with Crippen LogP contribution in [0.1, 0.15) is 24.0 Å². The predicted molar refractivity (Wildman–Crippen MR) is 96.7 cm³/mol. The van der Waals surface area contributed by atoms with Gasteiger partial charge < -0.3 is 5.11 Å². The lowest BCUT2D eigenvalue weighted by Crippen LogP contribution is -2.47. The monoisotopic (exact) mass is 363 g/mol. The van der Waals surface area contributed by atoms with Crippen molar-refractivity contribution < 1.29 is 9.90 Å². The Labute approximate surface area is 151 Å². The summed E-state index contributed by atoms with van der Waals surface area (Å²) in [5.74, 6) is -0.738. The molecule has 1 saturated heterocycles. The van der Waals surface area contributed by atoms with Crippen molar-refractivity contribution >= 4 is 29.2 Å². The summed E-state index contributed by atoms with van der Waals surface area (Å²) in [6.07, 6.45) is 1.19. The van der Waals surface area contributed by atoms with Crippen LogP contribution in [0.15, 0.2) is 48.5 Å². The highest BCUT2D eigenvalue weighted by Gasteiger charge is 2.42. The Morgan fingerprint density at radius 2 is 1.75 bits per heavy atom. The van der Waals surface area contributed by atoms with Crippen molar-refractivity contribution in [3.63, 3.8) is 0 Å². The molecule has 0 saturated carbocycles. The van der Waals surface area contributed by atoms with E-state index in [4.69, 9.17) is 23.2 Å². The molecule has 0 amide bonds. The minimum Gasteiger partial charge on any atom is -0.481 e. The van der Waals surface area contributed by atoms with Crippen LogP contribution in [-0.4, -0.2) is 29.1 Å². The van der Waals surface area contributed by atoms with Gasteiger partial charge in [0.2, 0.25) is 0 Å². The number of likely N-dealkylation sites (tertiary alicyclic amines) is 1. The average molecular weight is 364 g/mol. The second-order valence-corrected chi connectivity index (χ2v) is 7.11. The number of hydrogen-bond acceptors (Lipinski definition) is 2. The first-order valence-electron chi connectivity index (χ1n) is 7.96. The number of nitrogens with zero attached hydrogens (tertiary/aromatic N) is 1. The van der Waals surface area contributed by atoms with Gasteiger partial charge in [-0.1, -0.05) is 59.6 Å². The van der Waals surface area contributed by atoms with Crippen molar-refractivity contribution in [2.24, 2.45) is 0 Å². The van der Waals surface area contributed by atoms with Gasteiger partial charge in [0, 0.05) is 16.6 Å². The molecular formula is C19H19Cl2NO2. The minimum atomic E-state index is -0.790. The van der Waals surface area contributed by atoms with Gasteiger partial charge in [-0.15, -0.1) is 0 Å². The molecule has 0 aromatic heterocycles. The van der Waals surface area contributed by atoms with Crippen LogP contribution >= 0.6 is 23.2 Å². The van der Waals surface area contributed by atoms with Crippen LogP contribution in [0.5, 0.6) is 0 Å². The molecule has 0 radical (unpaired) electrons. The van der Waals surface area contributed by atoms with Crippen molar-refractivity contribution in [3.8, 4) is 0 Å². The smallest absolute Gasteiger partial charge is 0.314 e. The number of carboxylic acids is 1. The Hall–Kier alpha value is -1.55. The van der Waals surface area contributed by atoms with Crippen LogP contribution in [0, 0.1) is 0 Å². The van der Waals surface area contributed by atoms with Crippen molar-refractivity contribution in [3.05, 3.63) is 69.7 Å². The van der Waals surface area contributed by atoms with Gasteiger partial charge in [-0.2, -0.15) is 0 Å². The Morgan fingerprint density at radius 3 is 2.33 bits per heavy atom. The minimum absolute atomic E-state index is 0.595. The average Bonchev–Trinajstić information content (AvgIpc) is 2.59. The maximum Gasteiger partial charge on any atom is 0.314 e. The highest BCUT2D eigenvalue weighted by molar-refractivity contribution is 6.35. The summed E-state index contributed by atoms with van der Waals surface area (Å²) in [5, 5.41) is 11.1. The van der Waals surface area contributed by atoms with E-state index in [2.05, 4.69) is 4.90 Å². The summed E-state index contributed by atoms with van der Waals surface area (Å²) in [7, 11) is 0. The highest BCUT2D eigenvalue weighted by atomic mass is 35.5. The molecule has 0 aliphatic carbocycles. The summed E-state index contributed by atoms with van der Waals surface area (Å²) >= 11 is 12.2. The Morgan fingerprint density at radius 1 is 1.08 bits per heavy atom. The van der Waals surface area contributed by atoms with Crippen LogP contribution < -0.4 is 0 Å². The molecule has 1 N–H and O–H groups in total. The molecular weight excluding hydrogens is 345 g/mol. The largest absolute Gasteiger partial charge is 0.481 e. The molecule has 1 aliphatic heterocycles. The van der Waals surface area contributed by atoms with Gasteiger partial charge in [-0.05, 0) is 49.2 Å². The summed E-state index contributed by atoms with van der Waals surface area (Å²) in [6, 6.07) is 15.1. The SMILES string of the molecule is O=C(O)C1(c2ccccc2)CCN(Cc2ccc(Cl)cc2Cl)CC1. The lowest BCUT2D eigenvalue weighted by molar-refractivity contribution is -0.146. The first-order chi connectivity index (χ1) is 11.5. The van der Waals surface area contributed by atoms with E-state index in [0.717, 1.165) is 24.2 Å². The third-order valence-corrected chi connectivity index (χ3v) is 5.44. The van der Waals surface area contributed by atoms with Crippen LogP contribution in [0.2, 0.25) is 10.0 Å². The molecule has 0 bridgehead atoms. The molecule has 5 heteroatoms. The van der Waals surface area contributed by atoms with Gasteiger partial charge in [0.25, 0.3) is 0 Å². The molecule has 1 heterocycles. The molecule has 3 rings (SSSR count). The fraction of sp³-hybridized carbons (Fsp3) is 0.316. The van der Waals surface area contributed by atoms with Crippen molar-refractivity contribution in [1.29, 1.82) is 0 Å². The van der Waals surface area contributed by atoms with Crippen molar-refractivity contribution in [1.82, 2.24) is 4.90 Å². The van der Waals surface area contributed by atoms with Crippen LogP contribution in [-0.2, 0) is 16.8 Å². The molecule has 1 aliphatic rings. The molecule has 0 unspecified atom stereocenters. The third kappa shape index (κ3) is 3.44. The van der Waals surface area contributed by atoms with Gasteiger partial charge >= 0.3 is 5.97 Å². The fourth-order valence-electron chi connectivity index (χ4n) is 3.37. The van der Waals surface area contributed by atoms with E-state index in [1.165, 1.54) is 0 Å². The second-order valence-electron chi connectivity index (χ2n) is 6.27. The maximum atomic E-state index is 12.0. The van der Waals surface area contributed by atoms with E-state index in [1.54, 1.807) is 6.07 Å². The van der Waals surface area contributed by atoms with Crippen molar-refractivity contribution in [2.45, 2.75) is 24.8 Å². The number of halogens is 2. The van der Waals surface area contributed by atoms with Gasteiger partial charge in [0.1, 0.15) is 0 Å².